The van der Waals surface area contributed by atoms with Gasteiger partial charge in [-0.15, -0.1) is 0 Å². The lowest BCUT2D eigenvalue weighted by Crippen LogP contribution is -2.32. The van der Waals surface area contributed by atoms with Crippen molar-refractivity contribution in [2.45, 2.75) is 6.42 Å². The first kappa shape index (κ1) is 12.7. The molecule has 1 unspecified atom stereocenters. The predicted octanol–water partition coefficient (Wildman–Crippen LogP) is 0.870. The maximum atomic E-state index is 12.2. The molecule has 2 amide bonds. The number of halogens is 1. The number of benzene rings is 1. The van der Waals surface area contributed by atoms with E-state index >= 15 is 0 Å². The van der Waals surface area contributed by atoms with Crippen LogP contribution in [0.5, 0.6) is 0 Å². The maximum absolute atomic E-state index is 12.2. The van der Waals surface area contributed by atoms with Crippen molar-refractivity contribution in [2.24, 2.45) is 11.7 Å². The minimum atomic E-state index is -0.366. The third-order valence-corrected chi connectivity index (χ3v) is 3.36. The second-order valence-electron chi connectivity index (χ2n) is 4.37. The molecule has 2 rings (SSSR count). The number of primary amides is 1. The van der Waals surface area contributed by atoms with Crippen LogP contribution in [-0.4, -0.2) is 29.8 Å². The van der Waals surface area contributed by atoms with Gasteiger partial charge in [-0.25, -0.2) is 0 Å². The van der Waals surface area contributed by atoms with E-state index in [4.69, 9.17) is 23.1 Å². The molecule has 1 heterocycles. The number of likely N-dealkylation sites (tertiary alicyclic amines) is 1. The summed E-state index contributed by atoms with van der Waals surface area (Å²) in [4.78, 5) is 24.9. The number of amides is 2. The highest BCUT2D eigenvalue weighted by Crippen LogP contribution is 2.23. The lowest BCUT2D eigenvalue weighted by atomic mass is 10.1. The quantitative estimate of drug-likeness (QED) is 0.779. The molecule has 0 aliphatic carbocycles. The van der Waals surface area contributed by atoms with Crippen LogP contribution in [0.2, 0.25) is 5.02 Å². The second kappa shape index (κ2) is 4.86. The highest BCUT2D eigenvalue weighted by Gasteiger charge is 2.30. The van der Waals surface area contributed by atoms with Gasteiger partial charge in [-0.05, 0) is 24.6 Å². The summed E-state index contributed by atoms with van der Waals surface area (Å²) in [5.74, 6) is -0.815. The van der Waals surface area contributed by atoms with Crippen molar-refractivity contribution in [3.8, 4) is 0 Å². The number of rotatable bonds is 2. The molecule has 1 aromatic rings. The van der Waals surface area contributed by atoms with E-state index < -0.39 is 0 Å². The first-order valence-electron chi connectivity index (χ1n) is 5.62. The summed E-state index contributed by atoms with van der Waals surface area (Å²) < 4.78 is 0. The van der Waals surface area contributed by atoms with E-state index in [-0.39, 0.29) is 17.7 Å². The molecule has 18 heavy (non-hydrogen) atoms. The van der Waals surface area contributed by atoms with Gasteiger partial charge in [-0.2, -0.15) is 0 Å². The van der Waals surface area contributed by atoms with Crippen LogP contribution in [0.25, 0.3) is 0 Å². The predicted molar refractivity (Wildman–Crippen MR) is 69.1 cm³/mol. The molecule has 1 saturated heterocycles. The lowest BCUT2D eigenvalue weighted by molar-refractivity contribution is -0.121. The Morgan fingerprint density at radius 2 is 2.11 bits per heavy atom. The molecule has 1 atom stereocenters. The minimum absolute atomic E-state index is 0.187. The summed E-state index contributed by atoms with van der Waals surface area (Å²) in [5.41, 5.74) is 11.7. The Morgan fingerprint density at radius 3 is 2.67 bits per heavy atom. The number of nitrogens with zero attached hydrogens (tertiary/aromatic N) is 1. The fraction of sp³-hybridized carbons (Fsp3) is 0.333. The van der Waals surface area contributed by atoms with Crippen molar-refractivity contribution >= 4 is 29.1 Å². The Morgan fingerprint density at radius 1 is 1.39 bits per heavy atom. The fourth-order valence-corrected chi connectivity index (χ4v) is 2.26. The average Bonchev–Trinajstić information content (AvgIpc) is 2.77. The minimum Gasteiger partial charge on any atom is -0.398 e. The summed E-state index contributed by atoms with van der Waals surface area (Å²) in [6.45, 7) is 0.880. The van der Waals surface area contributed by atoms with E-state index in [0.29, 0.717) is 35.8 Å². The highest BCUT2D eigenvalue weighted by molar-refractivity contribution is 6.31. The third kappa shape index (κ3) is 2.41. The average molecular weight is 268 g/mol. The van der Waals surface area contributed by atoms with Crippen LogP contribution >= 0.6 is 11.6 Å². The number of anilines is 1. The summed E-state index contributed by atoms with van der Waals surface area (Å²) in [7, 11) is 0. The number of nitrogens with two attached hydrogens (primary N) is 2. The number of hydrogen-bond acceptors (Lipinski definition) is 3. The third-order valence-electron chi connectivity index (χ3n) is 3.12. The van der Waals surface area contributed by atoms with E-state index in [1.165, 1.54) is 6.07 Å². The molecule has 0 radical (unpaired) electrons. The Labute approximate surface area is 110 Å². The van der Waals surface area contributed by atoms with E-state index in [1.807, 2.05) is 0 Å². The van der Waals surface area contributed by atoms with Gasteiger partial charge in [0.15, 0.2) is 0 Å². The number of carbonyl (C=O) groups is 2. The zero-order chi connectivity index (χ0) is 13.3. The molecular weight excluding hydrogens is 254 g/mol. The first-order valence-corrected chi connectivity index (χ1v) is 6.00. The summed E-state index contributed by atoms with van der Waals surface area (Å²) in [6, 6.07) is 4.75. The van der Waals surface area contributed by atoms with Crippen LogP contribution < -0.4 is 11.5 Å². The molecular formula is C12H14ClN3O2. The van der Waals surface area contributed by atoms with Gasteiger partial charge < -0.3 is 16.4 Å². The van der Waals surface area contributed by atoms with E-state index in [9.17, 15) is 9.59 Å². The Bertz CT molecular complexity index is 504. The van der Waals surface area contributed by atoms with Crippen LogP contribution in [0.4, 0.5) is 5.69 Å². The highest BCUT2D eigenvalue weighted by atomic mass is 35.5. The first-order chi connectivity index (χ1) is 8.49. The molecule has 1 aromatic carbocycles. The van der Waals surface area contributed by atoms with Gasteiger partial charge >= 0.3 is 0 Å². The van der Waals surface area contributed by atoms with Crippen LogP contribution in [0.3, 0.4) is 0 Å². The van der Waals surface area contributed by atoms with E-state index in [2.05, 4.69) is 0 Å². The van der Waals surface area contributed by atoms with E-state index in [1.54, 1.807) is 17.0 Å². The van der Waals surface area contributed by atoms with Crippen LogP contribution in [0, 0.1) is 5.92 Å². The van der Waals surface area contributed by atoms with Gasteiger partial charge in [0.1, 0.15) is 0 Å². The number of nitrogen functional groups attached to an aromatic ring is 1. The largest absolute Gasteiger partial charge is 0.398 e. The molecule has 0 aromatic heterocycles. The Kier molecular flexibility index (Phi) is 3.43. The standard InChI is InChI=1S/C12H14ClN3O2/c13-8-1-2-9(10(14)5-8)12(18)16-4-3-7(6-16)11(15)17/h1-2,5,7H,3-4,6,14H2,(H2,15,17). The van der Waals surface area contributed by atoms with Crippen molar-refractivity contribution in [3.63, 3.8) is 0 Å². The normalized spacial score (nSPS) is 18.9. The molecule has 0 spiro atoms. The van der Waals surface area contributed by atoms with Gasteiger partial charge in [-0.3, -0.25) is 9.59 Å². The summed E-state index contributed by atoms with van der Waals surface area (Å²) in [6.07, 6.45) is 0.606. The number of hydrogen-bond donors (Lipinski definition) is 2. The van der Waals surface area contributed by atoms with Crippen molar-refractivity contribution < 1.29 is 9.59 Å². The van der Waals surface area contributed by atoms with E-state index in [0.717, 1.165) is 0 Å². The Balaban J connectivity index is 2.15. The fourth-order valence-electron chi connectivity index (χ4n) is 2.08. The van der Waals surface area contributed by atoms with Crippen LogP contribution in [-0.2, 0) is 4.79 Å². The molecule has 0 bridgehead atoms. The van der Waals surface area contributed by atoms with Gasteiger partial charge in [-0.1, -0.05) is 11.6 Å². The molecule has 1 aliphatic rings. The second-order valence-corrected chi connectivity index (χ2v) is 4.81. The van der Waals surface area contributed by atoms with Gasteiger partial charge in [0, 0.05) is 23.8 Å². The van der Waals surface area contributed by atoms with Crippen molar-refractivity contribution in [1.29, 1.82) is 0 Å². The summed E-state index contributed by atoms with van der Waals surface area (Å²) >= 11 is 5.78. The van der Waals surface area contributed by atoms with Gasteiger partial charge in [0.2, 0.25) is 5.91 Å². The smallest absolute Gasteiger partial charge is 0.255 e. The lowest BCUT2D eigenvalue weighted by Gasteiger charge is -2.17. The molecule has 6 heteroatoms. The number of carbonyl (C=O) groups excluding carboxylic acids is 2. The monoisotopic (exact) mass is 267 g/mol. The molecule has 96 valence electrons. The molecule has 4 N–H and O–H groups in total. The van der Waals surface area contributed by atoms with Crippen LogP contribution in [0.15, 0.2) is 18.2 Å². The zero-order valence-electron chi connectivity index (χ0n) is 9.73. The molecule has 0 saturated carbocycles. The van der Waals surface area contributed by atoms with Gasteiger partial charge in [0.25, 0.3) is 5.91 Å². The SMILES string of the molecule is NC(=O)C1CCN(C(=O)c2ccc(Cl)cc2N)C1. The molecule has 1 fully saturated rings. The van der Waals surface area contributed by atoms with Crippen molar-refractivity contribution in [3.05, 3.63) is 28.8 Å². The van der Waals surface area contributed by atoms with Gasteiger partial charge in [0.05, 0.1) is 11.5 Å². The molecule has 1 aliphatic heterocycles. The maximum Gasteiger partial charge on any atom is 0.255 e. The van der Waals surface area contributed by atoms with Crippen molar-refractivity contribution in [1.82, 2.24) is 4.90 Å². The molecule has 5 nitrogen and oxygen atoms in total. The topological polar surface area (TPSA) is 89.4 Å². The van der Waals surface area contributed by atoms with Crippen molar-refractivity contribution in [2.75, 3.05) is 18.8 Å². The zero-order valence-corrected chi connectivity index (χ0v) is 10.5. The Hall–Kier alpha value is -1.75. The summed E-state index contributed by atoms with van der Waals surface area (Å²) in [5, 5.41) is 0.487. The van der Waals surface area contributed by atoms with Crippen LogP contribution in [0.1, 0.15) is 16.8 Å².